The lowest BCUT2D eigenvalue weighted by atomic mass is 10.0. The molecule has 0 spiro atoms. The van der Waals surface area contributed by atoms with Crippen molar-refractivity contribution >= 4 is 0 Å². The van der Waals surface area contributed by atoms with Crippen LogP contribution in [0.5, 0.6) is 0 Å². The molecule has 2 rings (SSSR count). The number of benzene rings is 1. The molecule has 0 fully saturated rings. The Morgan fingerprint density at radius 2 is 2.00 bits per heavy atom. The van der Waals surface area contributed by atoms with E-state index in [1.165, 1.54) is 11.3 Å². The molecule has 0 saturated heterocycles. The molecule has 0 amide bonds. The van der Waals surface area contributed by atoms with Crippen molar-refractivity contribution in [3.8, 4) is 5.69 Å². The first kappa shape index (κ1) is 13.8. The fraction of sp³-hybridized carbons (Fsp3) is 0.438. The summed E-state index contributed by atoms with van der Waals surface area (Å²) in [7, 11) is 0. The molecule has 0 aliphatic rings. The van der Waals surface area contributed by atoms with Crippen molar-refractivity contribution in [1.29, 1.82) is 0 Å². The Morgan fingerprint density at radius 3 is 2.74 bits per heavy atom. The van der Waals surface area contributed by atoms with Crippen LogP contribution in [0.25, 0.3) is 5.69 Å². The highest BCUT2D eigenvalue weighted by atomic mass is 15.3. The van der Waals surface area contributed by atoms with Crippen LogP contribution < -0.4 is 5.32 Å². The van der Waals surface area contributed by atoms with Gasteiger partial charge in [-0.3, -0.25) is 0 Å². The average Bonchev–Trinajstić information content (AvgIpc) is 2.88. The molecule has 1 aromatic carbocycles. The van der Waals surface area contributed by atoms with Gasteiger partial charge in [0.25, 0.3) is 0 Å². The quantitative estimate of drug-likeness (QED) is 0.803. The summed E-state index contributed by atoms with van der Waals surface area (Å²) in [6.45, 7) is 8.47. The zero-order valence-electron chi connectivity index (χ0n) is 12.1. The Balaban J connectivity index is 2.18. The van der Waals surface area contributed by atoms with E-state index in [0.29, 0.717) is 5.92 Å². The molecule has 3 nitrogen and oxygen atoms in total. The summed E-state index contributed by atoms with van der Waals surface area (Å²) >= 11 is 0. The second-order valence-electron chi connectivity index (χ2n) is 5.14. The Labute approximate surface area is 115 Å². The predicted octanol–water partition coefficient (Wildman–Crippen LogP) is 3.50. The number of nitrogens with one attached hydrogen (secondary N) is 1. The maximum Gasteiger partial charge on any atom is 0.0766 e. The molecule has 19 heavy (non-hydrogen) atoms. The molecule has 0 unspecified atom stereocenters. The van der Waals surface area contributed by atoms with Crippen LogP contribution in [-0.4, -0.2) is 16.3 Å². The highest BCUT2D eigenvalue weighted by Crippen LogP contribution is 2.22. The standard InChI is InChI=1S/C16H23N3/c1-4-10-17-12-14-9-11-19(18-14)16-8-6-5-7-15(16)13(2)3/h5-9,11,13,17H,4,10,12H2,1-3H3. The first-order valence-electron chi connectivity index (χ1n) is 7.07. The van der Waals surface area contributed by atoms with Gasteiger partial charge in [0.15, 0.2) is 0 Å². The zero-order chi connectivity index (χ0) is 13.7. The van der Waals surface area contributed by atoms with E-state index in [-0.39, 0.29) is 0 Å². The molecule has 1 heterocycles. The van der Waals surface area contributed by atoms with E-state index in [0.717, 1.165) is 25.2 Å². The van der Waals surface area contributed by atoms with Crippen molar-refractivity contribution in [2.75, 3.05) is 6.54 Å². The second kappa shape index (κ2) is 6.53. The second-order valence-corrected chi connectivity index (χ2v) is 5.14. The van der Waals surface area contributed by atoms with Gasteiger partial charge in [-0.15, -0.1) is 0 Å². The van der Waals surface area contributed by atoms with E-state index in [2.05, 4.69) is 61.5 Å². The van der Waals surface area contributed by atoms with Gasteiger partial charge >= 0.3 is 0 Å². The third-order valence-corrected chi connectivity index (χ3v) is 3.18. The molecule has 3 heteroatoms. The molecule has 0 aliphatic carbocycles. The summed E-state index contributed by atoms with van der Waals surface area (Å²) in [4.78, 5) is 0. The smallest absolute Gasteiger partial charge is 0.0766 e. The van der Waals surface area contributed by atoms with E-state index in [1.807, 2.05) is 10.9 Å². The average molecular weight is 257 g/mol. The van der Waals surface area contributed by atoms with Gasteiger partial charge in [-0.1, -0.05) is 39.0 Å². The third-order valence-electron chi connectivity index (χ3n) is 3.18. The minimum atomic E-state index is 0.502. The minimum absolute atomic E-state index is 0.502. The lowest BCUT2D eigenvalue weighted by Gasteiger charge is -2.12. The topological polar surface area (TPSA) is 29.9 Å². The number of rotatable bonds is 6. The minimum Gasteiger partial charge on any atom is -0.311 e. The van der Waals surface area contributed by atoms with E-state index >= 15 is 0 Å². The van der Waals surface area contributed by atoms with Crippen molar-refractivity contribution in [2.24, 2.45) is 0 Å². The monoisotopic (exact) mass is 257 g/mol. The predicted molar refractivity (Wildman–Crippen MR) is 79.7 cm³/mol. The van der Waals surface area contributed by atoms with Gasteiger partial charge in [0.2, 0.25) is 0 Å². The van der Waals surface area contributed by atoms with Crippen LogP contribution in [0.15, 0.2) is 36.5 Å². The van der Waals surface area contributed by atoms with Gasteiger partial charge in [-0.05, 0) is 36.6 Å². The van der Waals surface area contributed by atoms with E-state index in [9.17, 15) is 0 Å². The molecular weight excluding hydrogens is 234 g/mol. The van der Waals surface area contributed by atoms with Crippen LogP contribution >= 0.6 is 0 Å². The lowest BCUT2D eigenvalue weighted by Crippen LogP contribution is -2.14. The Bertz CT molecular complexity index is 514. The number of para-hydroxylation sites is 1. The summed E-state index contributed by atoms with van der Waals surface area (Å²) in [5.74, 6) is 0.502. The largest absolute Gasteiger partial charge is 0.311 e. The molecule has 0 bridgehead atoms. The normalized spacial score (nSPS) is 11.2. The van der Waals surface area contributed by atoms with Crippen LogP contribution in [0.2, 0.25) is 0 Å². The maximum atomic E-state index is 4.65. The molecule has 1 aromatic heterocycles. The van der Waals surface area contributed by atoms with Crippen molar-refractivity contribution in [3.63, 3.8) is 0 Å². The molecule has 0 radical (unpaired) electrons. The Kier molecular flexibility index (Phi) is 4.74. The van der Waals surface area contributed by atoms with Gasteiger partial charge in [0.1, 0.15) is 0 Å². The molecule has 1 N–H and O–H groups in total. The number of aromatic nitrogens is 2. The molecule has 0 saturated carbocycles. The maximum absolute atomic E-state index is 4.65. The summed E-state index contributed by atoms with van der Waals surface area (Å²) in [5.41, 5.74) is 3.60. The summed E-state index contributed by atoms with van der Waals surface area (Å²) < 4.78 is 1.98. The van der Waals surface area contributed by atoms with Crippen LogP contribution in [0, 0.1) is 0 Å². The molecule has 0 atom stereocenters. The van der Waals surface area contributed by atoms with E-state index in [1.54, 1.807) is 0 Å². The number of nitrogens with zero attached hydrogens (tertiary/aromatic N) is 2. The van der Waals surface area contributed by atoms with Gasteiger partial charge in [-0.2, -0.15) is 5.10 Å². The molecule has 102 valence electrons. The lowest BCUT2D eigenvalue weighted by molar-refractivity contribution is 0.655. The van der Waals surface area contributed by atoms with Crippen LogP contribution in [0.4, 0.5) is 0 Å². The van der Waals surface area contributed by atoms with Crippen molar-refractivity contribution in [2.45, 2.75) is 39.7 Å². The van der Waals surface area contributed by atoms with Gasteiger partial charge < -0.3 is 5.32 Å². The summed E-state index contributed by atoms with van der Waals surface area (Å²) in [6, 6.07) is 10.5. The fourth-order valence-corrected chi connectivity index (χ4v) is 2.17. The summed E-state index contributed by atoms with van der Waals surface area (Å²) in [6.07, 6.45) is 3.20. The zero-order valence-corrected chi connectivity index (χ0v) is 12.1. The van der Waals surface area contributed by atoms with Gasteiger partial charge in [-0.25, -0.2) is 4.68 Å². The highest BCUT2D eigenvalue weighted by molar-refractivity contribution is 5.42. The van der Waals surface area contributed by atoms with Crippen molar-refractivity contribution in [3.05, 3.63) is 47.8 Å². The molecule has 2 aromatic rings. The number of hydrogen-bond acceptors (Lipinski definition) is 2. The van der Waals surface area contributed by atoms with Crippen LogP contribution in [0.1, 0.15) is 44.4 Å². The third kappa shape index (κ3) is 3.44. The van der Waals surface area contributed by atoms with E-state index < -0.39 is 0 Å². The molecule has 0 aliphatic heterocycles. The SMILES string of the molecule is CCCNCc1ccn(-c2ccccc2C(C)C)n1. The van der Waals surface area contributed by atoms with Crippen LogP contribution in [0.3, 0.4) is 0 Å². The van der Waals surface area contributed by atoms with Crippen molar-refractivity contribution in [1.82, 2.24) is 15.1 Å². The molecular formula is C16H23N3. The van der Waals surface area contributed by atoms with Gasteiger partial charge in [0, 0.05) is 12.7 Å². The highest BCUT2D eigenvalue weighted by Gasteiger charge is 2.08. The first-order valence-corrected chi connectivity index (χ1v) is 7.07. The first-order chi connectivity index (χ1) is 9.22. The van der Waals surface area contributed by atoms with Crippen molar-refractivity contribution < 1.29 is 0 Å². The van der Waals surface area contributed by atoms with E-state index in [4.69, 9.17) is 0 Å². The number of hydrogen-bond donors (Lipinski definition) is 1. The van der Waals surface area contributed by atoms with Gasteiger partial charge in [0.05, 0.1) is 11.4 Å². The summed E-state index contributed by atoms with van der Waals surface area (Å²) in [5, 5.41) is 8.03. The van der Waals surface area contributed by atoms with Crippen LogP contribution in [-0.2, 0) is 6.54 Å². The Hall–Kier alpha value is -1.61. The Morgan fingerprint density at radius 1 is 1.21 bits per heavy atom. The fourth-order valence-electron chi connectivity index (χ4n) is 2.17.